The lowest BCUT2D eigenvalue weighted by molar-refractivity contribution is 0.464. The van der Waals surface area contributed by atoms with Crippen molar-refractivity contribution in [2.45, 2.75) is 12.5 Å². The third-order valence-corrected chi connectivity index (χ3v) is 4.58. The molecule has 2 aromatic carbocycles. The standard InChI is InChI=1S/C19H20F3N5S/c20-14-3-1-12(2-4-14)7-15-11-24-5-6-27(15)18-9-16(21)13(8-17(18)22)10-25-26-19(23)28/h1-4,8-10,15,24H,5-7,11H2,(H3,23,26,28). The molecule has 1 aliphatic heterocycles. The lowest BCUT2D eigenvalue weighted by Crippen LogP contribution is -2.52. The van der Waals surface area contributed by atoms with E-state index in [1.807, 2.05) is 4.90 Å². The number of halogens is 3. The Balaban J connectivity index is 1.82. The zero-order valence-corrected chi connectivity index (χ0v) is 15.8. The highest BCUT2D eigenvalue weighted by Crippen LogP contribution is 2.26. The van der Waals surface area contributed by atoms with E-state index in [1.54, 1.807) is 12.1 Å². The molecule has 1 heterocycles. The second-order valence-corrected chi connectivity index (χ2v) is 6.88. The highest BCUT2D eigenvalue weighted by molar-refractivity contribution is 7.80. The maximum Gasteiger partial charge on any atom is 0.184 e. The van der Waals surface area contributed by atoms with Gasteiger partial charge in [0.1, 0.15) is 17.5 Å². The molecule has 0 radical (unpaired) electrons. The van der Waals surface area contributed by atoms with Crippen molar-refractivity contribution in [3.8, 4) is 0 Å². The highest BCUT2D eigenvalue weighted by atomic mass is 32.1. The molecule has 0 bridgehead atoms. The van der Waals surface area contributed by atoms with E-state index in [-0.39, 0.29) is 28.2 Å². The second-order valence-electron chi connectivity index (χ2n) is 6.44. The smallest absolute Gasteiger partial charge is 0.184 e. The molecule has 1 unspecified atom stereocenters. The number of piperazine rings is 1. The van der Waals surface area contributed by atoms with Crippen molar-refractivity contribution in [1.29, 1.82) is 0 Å². The molecule has 1 fully saturated rings. The Bertz CT molecular complexity index is 873. The molecule has 1 atom stereocenters. The molecule has 9 heteroatoms. The summed E-state index contributed by atoms with van der Waals surface area (Å²) in [5.74, 6) is -1.47. The monoisotopic (exact) mass is 407 g/mol. The number of nitrogens with one attached hydrogen (secondary N) is 2. The molecule has 4 N–H and O–H groups in total. The minimum absolute atomic E-state index is 0.0183. The molecule has 3 rings (SSSR count). The van der Waals surface area contributed by atoms with Crippen LogP contribution in [0.4, 0.5) is 18.9 Å². The van der Waals surface area contributed by atoms with E-state index in [9.17, 15) is 13.2 Å². The van der Waals surface area contributed by atoms with Gasteiger partial charge >= 0.3 is 0 Å². The Kier molecular flexibility index (Phi) is 6.48. The Morgan fingerprint density at radius 2 is 2.00 bits per heavy atom. The van der Waals surface area contributed by atoms with Crippen LogP contribution >= 0.6 is 12.2 Å². The predicted octanol–water partition coefficient (Wildman–Crippen LogP) is 2.29. The molecule has 0 amide bonds. The van der Waals surface area contributed by atoms with E-state index >= 15 is 0 Å². The fourth-order valence-electron chi connectivity index (χ4n) is 3.19. The van der Waals surface area contributed by atoms with Gasteiger partial charge in [0.25, 0.3) is 0 Å². The molecule has 28 heavy (non-hydrogen) atoms. The first kappa shape index (κ1) is 20.1. The summed E-state index contributed by atoms with van der Waals surface area (Å²) in [5.41, 5.74) is 8.63. The van der Waals surface area contributed by atoms with Crippen molar-refractivity contribution in [3.63, 3.8) is 0 Å². The maximum absolute atomic E-state index is 14.8. The van der Waals surface area contributed by atoms with Crippen molar-refractivity contribution in [2.24, 2.45) is 10.8 Å². The Hall–Kier alpha value is -2.65. The normalized spacial score (nSPS) is 17.1. The zero-order chi connectivity index (χ0) is 20.1. The first-order valence-corrected chi connectivity index (χ1v) is 9.14. The second kappa shape index (κ2) is 9.03. The summed E-state index contributed by atoms with van der Waals surface area (Å²) in [6.07, 6.45) is 1.70. The van der Waals surface area contributed by atoms with Gasteiger partial charge in [-0.1, -0.05) is 12.1 Å². The van der Waals surface area contributed by atoms with Gasteiger partial charge in [-0.15, -0.1) is 0 Å². The quantitative estimate of drug-likeness (QED) is 0.403. The van der Waals surface area contributed by atoms with Crippen molar-refractivity contribution < 1.29 is 13.2 Å². The SMILES string of the molecule is NC(=S)NN=Cc1cc(F)c(N2CCNCC2Cc2ccc(F)cc2)cc1F. The predicted molar refractivity (Wildman–Crippen MR) is 108 cm³/mol. The van der Waals surface area contributed by atoms with Gasteiger partial charge in [-0.3, -0.25) is 5.43 Å². The number of rotatable bonds is 5. The number of benzene rings is 2. The van der Waals surface area contributed by atoms with E-state index in [0.717, 1.165) is 17.8 Å². The average Bonchev–Trinajstić information content (AvgIpc) is 2.66. The van der Waals surface area contributed by atoms with Crippen LogP contribution in [0.3, 0.4) is 0 Å². The van der Waals surface area contributed by atoms with Crippen LogP contribution in [0.1, 0.15) is 11.1 Å². The average molecular weight is 407 g/mol. The van der Waals surface area contributed by atoms with Gasteiger partial charge < -0.3 is 16.0 Å². The Labute approximate surface area is 166 Å². The molecular weight excluding hydrogens is 387 g/mol. The van der Waals surface area contributed by atoms with Crippen molar-refractivity contribution in [3.05, 3.63) is 65.0 Å². The fourth-order valence-corrected chi connectivity index (χ4v) is 3.24. The van der Waals surface area contributed by atoms with E-state index in [2.05, 4.69) is 28.1 Å². The third kappa shape index (κ3) is 4.99. The third-order valence-electron chi connectivity index (χ3n) is 4.49. The summed E-state index contributed by atoms with van der Waals surface area (Å²) in [6.45, 7) is 1.79. The summed E-state index contributed by atoms with van der Waals surface area (Å²) < 4.78 is 42.4. The van der Waals surface area contributed by atoms with E-state index < -0.39 is 11.6 Å². The lowest BCUT2D eigenvalue weighted by atomic mass is 10.0. The Morgan fingerprint density at radius 1 is 1.25 bits per heavy atom. The van der Waals surface area contributed by atoms with Crippen LogP contribution < -0.4 is 21.4 Å². The summed E-state index contributed by atoms with van der Waals surface area (Å²) >= 11 is 4.60. The van der Waals surface area contributed by atoms with Gasteiger partial charge in [0, 0.05) is 37.3 Å². The van der Waals surface area contributed by atoms with Crippen molar-refractivity contribution in [2.75, 3.05) is 24.5 Å². The van der Waals surface area contributed by atoms with E-state index in [0.29, 0.717) is 26.1 Å². The first-order valence-electron chi connectivity index (χ1n) is 8.73. The molecule has 1 aliphatic rings. The number of thiocarbonyl (C=S) groups is 1. The topological polar surface area (TPSA) is 65.7 Å². The maximum atomic E-state index is 14.8. The van der Waals surface area contributed by atoms with Crippen LogP contribution in [0.15, 0.2) is 41.5 Å². The molecule has 1 saturated heterocycles. The molecule has 0 aromatic heterocycles. The molecule has 2 aromatic rings. The Morgan fingerprint density at radius 3 is 2.71 bits per heavy atom. The van der Waals surface area contributed by atoms with Crippen molar-refractivity contribution >= 4 is 29.2 Å². The first-order chi connectivity index (χ1) is 13.4. The minimum atomic E-state index is -0.607. The van der Waals surface area contributed by atoms with E-state index in [1.165, 1.54) is 18.2 Å². The molecule has 0 saturated carbocycles. The van der Waals surface area contributed by atoms with Crippen LogP contribution in [-0.4, -0.2) is 37.0 Å². The summed E-state index contributed by atoms with van der Waals surface area (Å²) in [5, 5.41) is 6.85. The molecule has 5 nitrogen and oxygen atoms in total. The summed E-state index contributed by atoms with van der Waals surface area (Å²) in [6, 6.07) is 8.36. The largest absolute Gasteiger partial charge is 0.375 e. The number of hydrogen-bond acceptors (Lipinski definition) is 4. The van der Waals surface area contributed by atoms with E-state index in [4.69, 9.17) is 5.73 Å². The summed E-state index contributed by atoms with van der Waals surface area (Å²) in [4.78, 5) is 1.84. The van der Waals surface area contributed by atoms with Gasteiger partial charge in [0.15, 0.2) is 5.11 Å². The minimum Gasteiger partial charge on any atom is -0.375 e. The number of hydrazone groups is 1. The van der Waals surface area contributed by atoms with Crippen LogP contribution in [0.2, 0.25) is 0 Å². The zero-order valence-electron chi connectivity index (χ0n) is 15.0. The van der Waals surface area contributed by atoms with Gasteiger partial charge in [-0.2, -0.15) is 5.10 Å². The number of anilines is 1. The molecule has 0 aliphatic carbocycles. The lowest BCUT2D eigenvalue weighted by Gasteiger charge is -2.38. The van der Waals surface area contributed by atoms with Gasteiger partial charge in [-0.25, -0.2) is 13.2 Å². The fraction of sp³-hybridized carbons (Fsp3) is 0.263. The van der Waals surface area contributed by atoms with Gasteiger partial charge in [-0.05, 0) is 42.4 Å². The molecule has 148 valence electrons. The van der Waals surface area contributed by atoms with Crippen molar-refractivity contribution in [1.82, 2.24) is 10.7 Å². The highest BCUT2D eigenvalue weighted by Gasteiger charge is 2.26. The van der Waals surface area contributed by atoms with Crippen LogP contribution in [0.25, 0.3) is 0 Å². The number of nitrogens with zero attached hydrogens (tertiary/aromatic N) is 2. The molecular formula is C19H20F3N5S. The number of nitrogens with two attached hydrogens (primary N) is 1. The van der Waals surface area contributed by atoms with Crippen LogP contribution in [-0.2, 0) is 6.42 Å². The van der Waals surface area contributed by atoms with Gasteiger partial charge in [0.2, 0.25) is 0 Å². The van der Waals surface area contributed by atoms with Crippen LogP contribution in [0, 0.1) is 17.5 Å². The van der Waals surface area contributed by atoms with Crippen LogP contribution in [0.5, 0.6) is 0 Å². The number of hydrogen-bond donors (Lipinski definition) is 3. The molecule has 0 spiro atoms. The van der Waals surface area contributed by atoms with Gasteiger partial charge in [0.05, 0.1) is 11.9 Å². The summed E-state index contributed by atoms with van der Waals surface area (Å²) in [7, 11) is 0.